The van der Waals surface area contributed by atoms with Gasteiger partial charge >= 0.3 is 0 Å². The maximum atomic E-state index is 15.5. The molecular formula is C27H29FN8O3. The van der Waals surface area contributed by atoms with Gasteiger partial charge in [0.05, 0.1) is 22.9 Å². The standard InChI is InChI=1S/C27H29FN8O3/c1-14(2)35-10-19(33-13-35)17-9-36(26-22(17)25(29)31-12-32-26)27-23(28)24(37)20(39-27)11-38-16-6-4-15-5-7-21(30-3)34-18(15)8-16/h4-10,12-14,20,23-24,27,37H,11H2,1-3H3,(H,30,34)(H2,29,31,32)/t20-,23+,24-,27-/m1/s1. The van der Waals surface area contributed by atoms with Crippen molar-refractivity contribution in [3.8, 4) is 17.0 Å². The summed E-state index contributed by atoms with van der Waals surface area (Å²) in [5.41, 5.74) is 8.65. The van der Waals surface area contributed by atoms with Gasteiger partial charge in [0.15, 0.2) is 12.4 Å². The Morgan fingerprint density at radius 3 is 2.77 bits per heavy atom. The molecule has 4 N–H and O–H groups in total. The second-order valence-corrected chi connectivity index (χ2v) is 9.82. The van der Waals surface area contributed by atoms with Crippen LogP contribution in [0, 0.1) is 0 Å². The number of nitrogens with zero attached hydrogens (tertiary/aromatic N) is 6. The van der Waals surface area contributed by atoms with Crippen molar-refractivity contribution in [1.29, 1.82) is 0 Å². The minimum Gasteiger partial charge on any atom is -0.491 e. The van der Waals surface area contributed by atoms with Gasteiger partial charge in [0, 0.05) is 42.5 Å². The summed E-state index contributed by atoms with van der Waals surface area (Å²) >= 11 is 0. The summed E-state index contributed by atoms with van der Waals surface area (Å²) in [5, 5.41) is 15.2. The Kier molecular flexibility index (Phi) is 6.28. The second kappa shape index (κ2) is 9.79. The van der Waals surface area contributed by atoms with Gasteiger partial charge in [0.2, 0.25) is 0 Å². The number of aromatic nitrogens is 6. The van der Waals surface area contributed by atoms with E-state index >= 15 is 4.39 Å². The molecule has 1 saturated heterocycles. The van der Waals surface area contributed by atoms with Gasteiger partial charge in [-0.05, 0) is 38.1 Å². The highest BCUT2D eigenvalue weighted by molar-refractivity contribution is 5.99. The van der Waals surface area contributed by atoms with Crippen molar-refractivity contribution in [1.82, 2.24) is 29.1 Å². The number of aliphatic hydroxyl groups is 1. The molecule has 0 bridgehead atoms. The molecule has 1 aromatic carbocycles. The van der Waals surface area contributed by atoms with E-state index in [9.17, 15) is 5.11 Å². The topological polar surface area (TPSA) is 138 Å². The third-order valence-corrected chi connectivity index (χ3v) is 7.01. The summed E-state index contributed by atoms with van der Waals surface area (Å²) in [6.07, 6.45) is 1.42. The number of fused-ring (bicyclic) bond motifs is 2. The van der Waals surface area contributed by atoms with Gasteiger partial charge < -0.3 is 34.8 Å². The number of rotatable bonds is 7. The number of nitrogens with one attached hydrogen (secondary N) is 1. The van der Waals surface area contributed by atoms with E-state index in [4.69, 9.17) is 15.2 Å². The van der Waals surface area contributed by atoms with Gasteiger partial charge in [0.25, 0.3) is 0 Å². The molecule has 5 aromatic rings. The van der Waals surface area contributed by atoms with Crippen LogP contribution in [0.1, 0.15) is 26.1 Å². The number of anilines is 2. The molecule has 1 aliphatic rings. The van der Waals surface area contributed by atoms with Crippen molar-refractivity contribution in [2.75, 3.05) is 24.7 Å². The van der Waals surface area contributed by atoms with Crippen LogP contribution in [-0.2, 0) is 4.74 Å². The maximum Gasteiger partial charge on any atom is 0.173 e. The van der Waals surface area contributed by atoms with Crippen molar-refractivity contribution >= 4 is 33.6 Å². The Bertz CT molecular complexity index is 1650. The Balaban J connectivity index is 1.27. The quantitative estimate of drug-likeness (QED) is 0.286. The van der Waals surface area contributed by atoms with Crippen LogP contribution in [0.15, 0.2) is 55.4 Å². The lowest BCUT2D eigenvalue weighted by Crippen LogP contribution is -2.32. The number of hydrogen-bond donors (Lipinski definition) is 3. The van der Waals surface area contributed by atoms with E-state index < -0.39 is 24.6 Å². The minimum absolute atomic E-state index is 0.0582. The predicted molar refractivity (Wildman–Crippen MR) is 145 cm³/mol. The lowest BCUT2D eigenvalue weighted by atomic mass is 10.1. The number of pyridine rings is 1. The van der Waals surface area contributed by atoms with Gasteiger partial charge in [-0.3, -0.25) is 0 Å². The number of benzene rings is 1. The third-order valence-electron chi connectivity index (χ3n) is 7.01. The van der Waals surface area contributed by atoms with E-state index in [1.54, 1.807) is 36.3 Å². The highest BCUT2D eigenvalue weighted by atomic mass is 19.1. The number of nitrogen functional groups attached to an aromatic ring is 1. The summed E-state index contributed by atoms with van der Waals surface area (Å²) in [6, 6.07) is 9.54. The molecule has 0 saturated carbocycles. The second-order valence-electron chi connectivity index (χ2n) is 9.82. The molecule has 4 atom stereocenters. The van der Waals surface area contributed by atoms with Crippen molar-refractivity contribution in [2.45, 2.75) is 44.5 Å². The molecule has 11 nitrogen and oxygen atoms in total. The van der Waals surface area contributed by atoms with Gasteiger partial charge in [-0.15, -0.1) is 0 Å². The summed E-state index contributed by atoms with van der Waals surface area (Å²) in [4.78, 5) is 17.5. The highest BCUT2D eigenvalue weighted by Gasteiger charge is 2.46. The molecule has 5 heterocycles. The van der Waals surface area contributed by atoms with Gasteiger partial charge in [-0.1, -0.05) is 0 Å². The zero-order valence-electron chi connectivity index (χ0n) is 21.7. The number of nitrogens with two attached hydrogens (primary N) is 1. The molecule has 39 heavy (non-hydrogen) atoms. The van der Waals surface area contributed by atoms with Gasteiger partial charge in [-0.25, -0.2) is 24.3 Å². The molecule has 1 aliphatic heterocycles. The molecule has 1 fully saturated rings. The Morgan fingerprint density at radius 1 is 1.18 bits per heavy atom. The first-order valence-electron chi connectivity index (χ1n) is 12.7. The molecule has 0 aliphatic carbocycles. The minimum atomic E-state index is -1.73. The van der Waals surface area contributed by atoms with E-state index in [1.165, 1.54) is 6.33 Å². The van der Waals surface area contributed by atoms with E-state index in [0.29, 0.717) is 28.0 Å². The highest BCUT2D eigenvalue weighted by Crippen LogP contribution is 2.39. The molecule has 0 spiro atoms. The molecular weight excluding hydrogens is 503 g/mol. The van der Waals surface area contributed by atoms with Crippen LogP contribution in [0.2, 0.25) is 0 Å². The number of ether oxygens (including phenoxy) is 2. The summed E-state index contributed by atoms with van der Waals surface area (Å²) in [7, 11) is 1.80. The smallest absolute Gasteiger partial charge is 0.173 e. The van der Waals surface area contributed by atoms with Crippen LogP contribution in [0.3, 0.4) is 0 Å². The van der Waals surface area contributed by atoms with Crippen molar-refractivity contribution in [3.05, 3.63) is 55.4 Å². The van der Waals surface area contributed by atoms with Crippen LogP contribution in [0.25, 0.3) is 33.2 Å². The van der Waals surface area contributed by atoms with Crippen LogP contribution in [-0.4, -0.2) is 66.2 Å². The Labute approximate surface area is 223 Å². The average Bonchev–Trinajstić information content (AvgIpc) is 3.64. The number of imidazole rings is 1. The largest absolute Gasteiger partial charge is 0.491 e. The van der Waals surface area contributed by atoms with Crippen LogP contribution in [0.5, 0.6) is 5.75 Å². The lowest BCUT2D eigenvalue weighted by molar-refractivity contribution is -0.0410. The number of alkyl halides is 1. The predicted octanol–water partition coefficient (Wildman–Crippen LogP) is 3.72. The SMILES string of the molecule is CNc1ccc2ccc(OC[C@H]3O[C@@H](n4cc(-c5cn(C(C)C)cn5)c5c(N)ncnc54)[C@@H](F)[C@@H]3O)cc2n1. The number of aliphatic hydroxyl groups excluding tert-OH is 1. The normalized spacial score (nSPS) is 21.3. The fourth-order valence-corrected chi connectivity index (χ4v) is 4.82. The van der Waals surface area contributed by atoms with Crippen LogP contribution < -0.4 is 15.8 Å². The molecule has 0 amide bonds. The van der Waals surface area contributed by atoms with E-state index in [0.717, 1.165) is 16.7 Å². The first kappa shape index (κ1) is 25.0. The molecule has 0 unspecified atom stereocenters. The summed E-state index contributed by atoms with van der Waals surface area (Å²) < 4.78 is 30.9. The van der Waals surface area contributed by atoms with Gasteiger partial charge in [-0.2, -0.15) is 0 Å². The van der Waals surface area contributed by atoms with Crippen LogP contribution >= 0.6 is 0 Å². The average molecular weight is 533 g/mol. The van der Waals surface area contributed by atoms with E-state index in [-0.39, 0.29) is 18.5 Å². The first-order chi connectivity index (χ1) is 18.8. The van der Waals surface area contributed by atoms with Crippen molar-refractivity contribution in [2.24, 2.45) is 0 Å². The Morgan fingerprint density at radius 2 is 2.00 bits per heavy atom. The molecule has 0 radical (unpaired) electrons. The van der Waals surface area contributed by atoms with Crippen molar-refractivity contribution < 1.29 is 19.0 Å². The van der Waals surface area contributed by atoms with E-state index in [2.05, 4.69) is 25.3 Å². The lowest BCUT2D eigenvalue weighted by Gasteiger charge is -2.17. The summed E-state index contributed by atoms with van der Waals surface area (Å²) in [5.74, 6) is 1.51. The maximum absolute atomic E-state index is 15.5. The third kappa shape index (κ3) is 4.41. The zero-order chi connectivity index (χ0) is 27.3. The number of hydrogen-bond acceptors (Lipinski definition) is 9. The van der Waals surface area contributed by atoms with Crippen LogP contribution in [0.4, 0.5) is 16.0 Å². The van der Waals surface area contributed by atoms with Gasteiger partial charge in [0.1, 0.15) is 48.2 Å². The van der Waals surface area contributed by atoms with Crippen molar-refractivity contribution in [3.63, 3.8) is 0 Å². The molecule has 12 heteroatoms. The fraction of sp³-hybridized carbons (Fsp3) is 0.333. The molecule has 6 rings (SSSR count). The zero-order valence-corrected chi connectivity index (χ0v) is 21.7. The summed E-state index contributed by atoms with van der Waals surface area (Å²) in [6.45, 7) is 4.03. The molecule has 4 aromatic heterocycles. The number of halogens is 1. The fourth-order valence-electron chi connectivity index (χ4n) is 4.82. The first-order valence-corrected chi connectivity index (χ1v) is 12.7. The molecule has 202 valence electrons. The van der Waals surface area contributed by atoms with E-state index in [1.807, 2.05) is 42.8 Å². The Hall–Kier alpha value is -4.29. The monoisotopic (exact) mass is 532 g/mol.